The molecule has 0 heteroatoms. The van der Waals surface area contributed by atoms with Gasteiger partial charge in [0.05, 0.1) is 0 Å². The summed E-state index contributed by atoms with van der Waals surface area (Å²) in [6.45, 7) is 9.23. The normalized spacial score (nSPS) is 32.4. The Morgan fingerprint density at radius 2 is 2.11 bits per heavy atom. The van der Waals surface area contributed by atoms with Crippen LogP contribution in [0.2, 0.25) is 0 Å². The lowest BCUT2D eigenvalue weighted by molar-refractivity contribution is 0.317. The lowest BCUT2D eigenvalue weighted by atomic mass is 9.79. The van der Waals surface area contributed by atoms with Crippen LogP contribution in [0.15, 0.2) is 11.6 Å². The molecule has 0 heterocycles. The van der Waals surface area contributed by atoms with Crippen molar-refractivity contribution >= 4 is 0 Å². The Morgan fingerprint density at radius 3 is 2.22 bits per heavy atom. The standard InChI is InChI=1S/C9H16/c1-7-5-6-8(2)9(7,3)4/h5,8H,6H2,1-4H3. The Labute approximate surface area is 58.0 Å². The Balaban J connectivity index is 2.81. The molecule has 1 rings (SSSR count). The van der Waals surface area contributed by atoms with Crippen LogP contribution in [0.3, 0.4) is 0 Å². The van der Waals surface area contributed by atoms with Gasteiger partial charge in [-0.05, 0) is 24.7 Å². The molecule has 0 aromatic carbocycles. The van der Waals surface area contributed by atoms with Crippen LogP contribution in [0.5, 0.6) is 0 Å². The van der Waals surface area contributed by atoms with Crippen LogP contribution in [0.25, 0.3) is 0 Å². The van der Waals surface area contributed by atoms with Crippen molar-refractivity contribution in [2.24, 2.45) is 11.3 Å². The van der Waals surface area contributed by atoms with Crippen molar-refractivity contribution in [2.75, 3.05) is 0 Å². The van der Waals surface area contributed by atoms with E-state index in [1.54, 1.807) is 5.57 Å². The molecule has 0 amide bonds. The van der Waals surface area contributed by atoms with Gasteiger partial charge in [0.25, 0.3) is 0 Å². The molecule has 0 aliphatic heterocycles. The molecule has 1 unspecified atom stereocenters. The second kappa shape index (κ2) is 1.86. The summed E-state index contributed by atoms with van der Waals surface area (Å²) in [5.74, 6) is 0.845. The van der Waals surface area contributed by atoms with Crippen molar-refractivity contribution in [3.05, 3.63) is 11.6 Å². The van der Waals surface area contributed by atoms with Crippen LogP contribution in [0, 0.1) is 11.3 Å². The molecule has 52 valence electrons. The lowest BCUT2D eigenvalue weighted by Gasteiger charge is -2.26. The summed E-state index contributed by atoms with van der Waals surface area (Å²) in [5, 5.41) is 0. The van der Waals surface area contributed by atoms with Crippen molar-refractivity contribution in [1.29, 1.82) is 0 Å². The fourth-order valence-corrected chi connectivity index (χ4v) is 1.30. The van der Waals surface area contributed by atoms with E-state index in [4.69, 9.17) is 0 Å². The van der Waals surface area contributed by atoms with Crippen molar-refractivity contribution in [2.45, 2.75) is 34.1 Å². The molecule has 0 spiro atoms. The van der Waals surface area contributed by atoms with E-state index in [0.29, 0.717) is 5.41 Å². The SMILES string of the molecule is CC1=CCC(C)C1(C)C. The fraction of sp³-hybridized carbons (Fsp3) is 0.778. The van der Waals surface area contributed by atoms with Gasteiger partial charge in [-0.3, -0.25) is 0 Å². The molecule has 0 N–H and O–H groups in total. The number of hydrogen-bond acceptors (Lipinski definition) is 0. The highest BCUT2D eigenvalue weighted by molar-refractivity contribution is 5.17. The molecule has 0 saturated heterocycles. The smallest absolute Gasteiger partial charge is 0.0119 e. The first-order valence-electron chi connectivity index (χ1n) is 3.72. The monoisotopic (exact) mass is 124 g/mol. The summed E-state index contributed by atoms with van der Waals surface area (Å²) >= 11 is 0. The van der Waals surface area contributed by atoms with E-state index in [9.17, 15) is 0 Å². The van der Waals surface area contributed by atoms with Gasteiger partial charge in [-0.1, -0.05) is 32.4 Å². The Morgan fingerprint density at radius 1 is 1.56 bits per heavy atom. The summed E-state index contributed by atoms with van der Waals surface area (Å²) in [5.41, 5.74) is 2.04. The average molecular weight is 124 g/mol. The van der Waals surface area contributed by atoms with E-state index >= 15 is 0 Å². The zero-order valence-corrected chi connectivity index (χ0v) is 6.86. The number of rotatable bonds is 0. The van der Waals surface area contributed by atoms with Crippen molar-refractivity contribution in [1.82, 2.24) is 0 Å². The molecule has 0 aromatic heterocycles. The van der Waals surface area contributed by atoms with E-state index in [1.807, 2.05) is 0 Å². The van der Waals surface area contributed by atoms with E-state index in [-0.39, 0.29) is 0 Å². The fourth-order valence-electron chi connectivity index (χ4n) is 1.30. The predicted molar refractivity (Wildman–Crippen MR) is 41.3 cm³/mol. The van der Waals surface area contributed by atoms with Crippen LogP contribution in [-0.2, 0) is 0 Å². The maximum atomic E-state index is 2.37. The van der Waals surface area contributed by atoms with Gasteiger partial charge in [-0.25, -0.2) is 0 Å². The van der Waals surface area contributed by atoms with Gasteiger partial charge in [-0.2, -0.15) is 0 Å². The van der Waals surface area contributed by atoms with Gasteiger partial charge in [0.2, 0.25) is 0 Å². The van der Waals surface area contributed by atoms with E-state index in [1.165, 1.54) is 6.42 Å². The topological polar surface area (TPSA) is 0 Å². The van der Waals surface area contributed by atoms with Crippen LogP contribution in [0.4, 0.5) is 0 Å². The minimum atomic E-state index is 0.472. The first kappa shape index (κ1) is 6.85. The highest BCUT2D eigenvalue weighted by atomic mass is 14.4. The highest BCUT2D eigenvalue weighted by Gasteiger charge is 2.30. The Bertz CT molecular complexity index is 140. The van der Waals surface area contributed by atoms with Gasteiger partial charge in [0.1, 0.15) is 0 Å². The van der Waals surface area contributed by atoms with Gasteiger partial charge in [0.15, 0.2) is 0 Å². The van der Waals surface area contributed by atoms with Crippen LogP contribution in [0.1, 0.15) is 34.1 Å². The van der Waals surface area contributed by atoms with Crippen molar-refractivity contribution in [3.8, 4) is 0 Å². The molecule has 0 aromatic rings. The molecule has 0 bridgehead atoms. The third-order valence-electron chi connectivity index (χ3n) is 3.03. The molecule has 1 atom stereocenters. The second-order valence-corrected chi connectivity index (χ2v) is 3.75. The third kappa shape index (κ3) is 0.910. The number of hydrogen-bond donors (Lipinski definition) is 0. The van der Waals surface area contributed by atoms with Crippen molar-refractivity contribution in [3.63, 3.8) is 0 Å². The predicted octanol–water partition coefficient (Wildman–Crippen LogP) is 3.00. The zero-order valence-electron chi connectivity index (χ0n) is 6.86. The van der Waals surface area contributed by atoms with Gasteiger partial charge < -0.3 is 0 Å². The largest absolute Gasteiger partial charge is 0.0848 e. The first-order chi connectivity index (χ1) is 4.05. The maximum absolute atomic E-state index is 2.37. The first-order valence-corrected chi connectivity index (χ1v) is 3.72. The van der Waals surface area contributed by atoms with Gasteiger partial charge in [0, 0.05) is 0 Å². The van der Waals surface area contributed by atoms with E-state index in [0.717, 1.165) is 5.92 Å². The molecule has 1 aliphatic rings. The highest BCUT2D eigenvalue weighted by Crippen LogP contribution is 2.42. The number of allylic oxidation sites excluding steroid dienone is 2. The minimum absolute atomic E-state index is 0.472. The molecular formula is C9H16. The maximum Gasteiger partial charge on any atom is -0.0119 e. The third-order valence-corrected chi connectivity index (χ3v) is 3.03. The zero-order chi connectivity index (χ0) is 7.07. The van der Waals surface area contributed by atoms with Crippen LogP contribution < -0.4 is 0 Å². The van der Waals surface area contributed by atoms with E-state index < -0.39 is 0 Å². The van der Waals surface area contributed by atoms with E-state index in [2.05, 4.69) is 33.8 Å². The lowest BCUT2D eigenvalue weighted by Crippen LogP contribution is -2.16. The van der Waals surface area contributed by atoms with Crippen molar-refractivity contribution < 1.29 is 0 Å². The Hall–Kier alpha value is -0.260. The molecular weight excluding hydrogens is 108 g/mol. The average Bonchev–Trinajstić information content (AvgIpc) is 1.96. The van der Waals surface area contributed by atoms with Crippen LogP contribution >= 0.6 is 0 Å². The molecule has 0 saturated carbocycles. The second-order valence-electron chi connectivity index (χ2n) is 3.75. The Kier molecular flexibility index (Phi) is 1.42. The summed E-state index contributed by atoms with van der Waals surface area (Å²) in [4.78, 5) is 0. The van der Waals surface area contributed by atoms with Crippen LogP contribution in [-0.4, -0.2) is 0 Å². The molecule has 1 aliphatic carbocycles. The summed E-state index contributed by atoms with van der Waals surface area (Å²) < 4.78 is 0. The summed E-state index contributed by atoms with van der Waals surface area (Å²) in [7, 11) is 0. The molecule has 0 fully saturated rings. The quantitative estimate of drug-likeness (QED) is 0.435. The molecule has 9 heavy (non-hydrogen) atoms. The summed E-state index contributed by atoms with van der Waals surface area (Å²) in [6, 6.07) is 0. The summed E-state index contributed by atoms with van der Waals surface area (Å²) in [6.07, 6.45) is 3.64. The minimum Gasteiger partial charge on any atom is -0.0848 e. The molecule has 0 radical (unpaired) electrons. The molecule has 0 nitrogen and oxygen atoms in total. The van der Waals surface area contributed by atoms with Gasteiger partial charge in [-0.15, -0.1) is 0 Å². The van der Waals surface area contributed by atoms with Gasteiger partial charge >= 0.3 is 0 Å².